The first-order valence-electron chi connectivity index (χ1n) is 8.13. The maximum Gasteiger partial charge on any atom is 0.140 e. The molecule has 1 saturated carbocycles. The third kappa shape index (κ3) is 2.27. The Bertz CT molecular complexity index is 1070. The third-order valence-corrected chi connectivity index (χ3v) is 4.86. The molecule has 24 heavy (non-hydrogen) atoms. The van der Waals surface area contributed by atoms with E-state index >= 15 is 0 Å². The first-order chi connectivity index (χ1) is 11.7. The lowest BCUT2D eigenvalue weighted by molar-refractivity contribution is 0.708. The average molecular weight is 338 g/mol. The molecule has 4 aromatic rings. The smallest absolute Gasteiger partial charge is 0.140 e. The van der Waals surface area contributed by atoms with Crippen LogP contribution < -0.4 is 0 Å². The van der Waals surface area contributed by atoms with Gasteiger partial charge < -0.3 is 4.40 Å². The summed E-state index contributed by atoms with van der Waals surface area (Å²) in [5, 5.41) is 6.00. The zero-order valence-corrected chi connectivity index (χ0v) is 14.0. The molecule has 1 aliphatic rings. The number of aryl methyl sites for hydroxylation is 1. The summed E-state index contributed by atoms with van der Waals surface area (Å²) in [5.74, 6) is 0.570. The second-order valence-electron chi connectivity index (χ2n) is 6.53. The molecule has 0 aliphatic heterocycles. The van der Waals surface area contributed by atoms with Crippen molar-refractivity contribution in [3.8, 4) is 0 Å². The minimum absolute atomic E-state index is 0.557. The minimum atomic E-state index is 0.557. The largest absolute Gasteiger partial charge is 0.306 e. The van der Waals surface area contributed by atoms with Crippen molar-refractivity contribution >= 4 is 28.2 Å². The fraction of sp³-hybridized carbons (Fsp3) is 0.278. The quantitative estimate of drug-likeness (QED) is 0.531. The van der Waals surface area contributed by atoms with Crippen LogP contribution in [0.4, 0.5) is 0 Å². The monoisotopic (exact) mass is 337 g/mol. The maximum atomic E-state index is 6.35. The first kappa shape index (κ1) is 14.0. The summed E-state index contributed by atoms with van der Waals surface area (Å²) in [6, 6.07) is 6.28. The van der Waals surface area contributed by atoms with Crippen LogP contribution in [0, 0.1) is 6.92 Å². The highest BCUT2D eigenvalue weighted by molar-refractivity contribution is 6.34. The van der Waals surface area contributed by atoms with E-state index < -0.39 is 0 Å². The predicted molar refractivity (Wildman–Crippen MR) is 93.5 cm³/mol. The number of hydrogen-bond acceptors (Lipinski definition) is 3. The van der Waals surface area contributed by atoms with Gasteiger partial charge in [-0.1, -0.05) is 17.7 Å². The number of halogens is 1. The minimum Gasteiger partial charge on any atom is -0.306 e. The van der Waals surface area contributed by atoms with Crippen molar-refractivity contribution in [2.24, 2.45) is 0 Å². The molecule has 120 valence electrons. The molecule has 5 rings (SSSR count). The van der Waals surface area contributed by atoms with Crippen LogP contribution in [-0.2, 0) is 6.54 Å². The molecule has 0 N–H and O–H groups in total. The predicted octanol–water partition coefficient (Wildman–Crippen LogP) is 3.97. The van der Waals surface area contributed by atoms with Crippen molar-refractivity contribution < 1.29 is 0 Å². The van der Waals surface area contributed by atoms with Gasteiger partial charge in [0, 0.05) is 24.0 Å². The lowest BCUT2D eigenvalue weighted by Crippen LogP contribution is -2.03. The van der Waals surface area contributed by atoms with Crippen LogP contribution in [0.1, 0.15) is 35.7 Å². The number of imidazole rings is 1. The Balaban J connectivity index is 1.57. The highest BCUT2D eigenvalue weighted by Gasteiger charge is 2.26. The highest BCUT2D eigenvalue weighted by atomic mass is 35.5. The Morgan fingerprint density at radius 1 is 1.21 bits per heavy atom. The molecule has 4 heterocycles. The van der Waals surface area contributed by atoms with E-state index in [2.05, 4.69) is 37.8 Å². The summed E-state index contributed by atoms with van der Waals surface area (Å²) in [7, 11) is 0. The standard InChI is InChI=1S/C18H16ClN5/c1-11-8-23-9-12(2-5-17(23)21-11)10-24-16-6-15(13-3-4-13)22-18(19)14(16)7-20-24/h2,5-9,13H,3-4,10H2,1H3. The molecular weight excluding hydrogens is 322 g/mol. The zero-order valence-electron chi connectivity index (χ0n) is 13.3. The summed E-state index contributed by atoms with van der Waals surface area (Å²) in [6.07, 6.45) is 8.36. The molecule has 4 aromatic heterocycles. The zero-order chi connectivity index (χ0) is 16.3. The second-order valence-corrected chi connectivity index (χ2v) is 6.89. The Morgan fingerprint density at radius 2 is 2.08 bits per heavy atom. The van der Waals surface area contributed by atoms with Gasteiger partial charge in [0.05, 0.1) is 29.3 Å². The lowest BCUT2D eigenvalue weighted by Gasteiger charge is -2.06. The number of pyridine rings is 2. The van der Waals surface area contributed by atoms with E-state index in [4.69, 9.17) is 11.6 Å². The Morgan fingerprint density at radius 3 is 2.92 bits per heavy atom. The van der Waals surface area contributed by atoms with Gasteiger partial charge in [0.2, 0.25) is 0 Å². The van der Waals surface area contributed by atoms with Gasteiger partial charge in [0.25, 0.3) is 0 Å². The molecular formula is C18H16ClN5. The van der Waals surface area contributed by atoms with Gasteiger partial charge in [0.15, 0.2) is 0 Å². The Labute approximate surface area is 143 Å². The van der Waals surface area contributed by atoms with Crippen molar-refractivity contribution in [3.63, 3.8) is 0 Å². The van der Waals surface area contributed by atoms with E-state index in [-0.39, 0.29) is 0 Å². The summed E-state index contributed by atoms with van der Waals surface area (Å²) in [5.41, 5.74) is 5.30. The van der Waals surface area contributed by atoms with E-state index in [0.29, 0.717) is 17.6 Å². The van der Waals surface area contributed by atoms with Crippen LogP contribution in [-0.4, -0.2) is 24.1 Å². The first-order valence-corrected chi connectivity index (χ1v) is 8.51. The van der Waals surface area contributed by atoms with E-state index in [1.54, 1.807) is 6.20 Å². The number of hydrogen-bond donors (Lipinski definition) is 0. The molecule has 1 fully saturated rings. The van der Waals surface area contributed by atoms with E-state index in [9.17, 15) is 0 Å². The van der Waals surface area contributed by atoms with Crippen LogP contribution in [0.5, 0.6) is 0 Å². The fourth-order valence-electron chi connectivity index (χ4n) is 3.20. The Kier molecular flexibility index (Phi) is 2.94. The second kappa shape index (κ2) is 5.05. The molecule has 0 spiro atoms. The van der Waals surface area contributed by atoms with Gasteiger partial charge in [-0.05, 0) is 37.5 Å². The molecule has 0 atom stereocenters. The van der Waals surface area contributed by atoms with Gasteiger partial charge in [-0.25, -0.2) is 9.97 Å². The Hall–Kier alpha value is -2.40. The molecule has 5 nitrogen and oxygen atoms in total. The van der Waals surface area contributed by atoms with Crippen LogP contribution in [0.3, 0.4) is 0 Å². The molecule has 0 radical (unpaired) electrons. The number of aromatic nitrogens is 5. The van der Waals surface area contributed by atoms with E-state index in [1.165, 1.54) is 18.4 Å². The van der Waals surface area contributed by atoms with Gasteiger partial charge >= 0.3 is 0 Å². The van der Waals surface area contributed by atoms with Crippen molar-refractivity contribution in [1.82, 2.24) is 24.1 Å². The van der Waals surface area contributed by atoms with Crippen molar-refractivity contribution in [3.05, 3.63) is 58.9 Å². The molecule has 1 aliphatic carbocycles. The number of rotatable bonds is 3. The maximum absolute atomic E-state index is 6.35. The summed E-state index contributed by atoms with van der Waals surface area (Å²) in [4.78, 5) is 8.99. The average Bonchev–Trinajstić information content (AvgIpc) is 3.23. The van der Waals surface area contributed by atoms with Gasteiger partial charge in [-0.15, -0.1) is 0 Å². The molecule has 0 aromatic carbocycles. The van der Waals surface area contributed by atoms with Gasteiger partial charge in [-0.2, -0.15) is 5.10 Å². The van der Waals surface area contributed by atoms with Crippen molar-refractivity contribution in [2.75, 3.05) is 0 Å². The van der Waals surface area contributed by atoms with Crippen LogP contribution in [0.15, 0.2) is 36.8 Å². The topological polar surface area (TPSA) is 48.0 Å². The third-order valence-electron chi connectivity index (χ3n) is 4.58. The molecule has 0 bridgehead atoms. The normalized spacial score (nSPS) is 14.8. The lowest BCUT2D eigenvalue weighted by atomic mass is 10.2. The molecule has 0 unspecified atom stereocenters. The van der Waals surface area contributed by atoms with Crippen LogP contribution in [0.2, 0.25) is 5.15 Å². The molecule has 6 heteroatoms. The molecule has 0 saturated heterocycles. The summed E-state index contributed by atoms with van der Waals surface area (Å²) >= 11 is 6.35. The summed E-state index contributed by atoms with van der Waals surface area (Å²) in [6.45, 7) is 2.70. The fourth-order valence-corrected chi connectivity index (χ4v) is 3.44. The van der Waals surface area contributed by atoms with E-state index in [1.807, 2.05) is 23.9 Å². The van der Waals surface area contributed by atoms with Crippen LogP contribution in [0.25, 0.3) is 16.6 Å². The highest BCUT2D eigenvalue weighted by Crippen LogP contribution is 2.40. The van der Waals surface area contributed by atoms with E-state index in [0.717, 1.165) is 27.9 Å². The van der Waals surface area contributed by atoms with Crippen molar-refractivity contribution in [2.45, 2.75) is 32.2 Å². The van der Waals surface area contributed by atoms with Gasteiger partial charge in [-0.3, -0.25) is 4.68 Å². The van der Waals surface area contributed by atoms with Crippen molar-refractivity contribution in [1.29, 1.82) is 0 Å². The van der Waals surface area contributed by atoms with Crippen LogP contribution >= 0.6 is 11.6 Å². The van der Waals surface area contributed by atoms with Gasteiger partial charge in [0.1, 0.15) is 10.8 Å². The number of nitrogens with zero attached hydrogens (tertiary/aromatic N) is 5. The SMILES string of the molecule is Cc1cn2cc(Cn3ncc4c(Cl)nc(C5CC5)cc43)ccc2n1. The molecule has 0 amide bonds. The number of fused-ring (bicyclic) bond motifs is 2. The summed E-state index contributed by atoms with van der Waals surface area (Å²) < 4.78 is 4.06.